The van der Waals surface area contributed by atoms with Crippen molar-refractivity contribution in [3.05, 3.63) is 59.7 Å². The molecule has 0 atom stereocenters. The lowest BCUT2D eigenvalue weighted by molar-refractivity contribution is 0.587. The lowest BCUT2D eigenvalue weighted by Gasteiger charge is -2.11. The summed E-state index contributed by atoms with van der Waals surface area (Å²) in [7, 11) is -3.39. The van der Waals surface area contributed by atoms with Crippen molar-refractivity contribution in [1.29, 1.82) is 0 Å². The Bertz CT molecular complexity index is 730. The summed E-state index contributed by atoms with van der Waals surface area (Å²) < 4.78 is 49.8. The summed E-state index contributed by atoms with van der Waals surface area (Å²) >= 11 is 0. The Kier molecular flexibility index (Phi) is 4.04. The fourth-order valence-corrected chi connectivity index (χ4v) is 2.67. The number of halogens is 2. The number of sulfone groups is 1. The van der Waals surface area contributed by atoms with E-state index in [1.807, 2.05) is 0 Å². The van der Waals surface area contributed by atoms with Crippen LogP contribution >= 0.6 is 0 Å². The summed E-state index contributed by atoms with van der Waals surface area (Å²) in [6.45, 7) is -0.00384. The van der Waals surface area contributed by atoms with Gasteiger partial charge in [-0.3, -0.25) is 0 Å². The number of hydrogen-bond donors (Lipinski definition) is 1. The summed E-state index contributed by atoms with van der Waals surface area (Å²) in [6, 6.07) is 9.44. The summed E-state index contributed by atoms with van der Waals surface area (Å²) in [6.07, 6.45) is 1.09. The van der Waals surface area contributed by atoms with Crippen molar-refractivity contribution >= 4 is 15.5 Å². The molecule has 0 aliphatic rings. The largest absolute Gasteiger partial charge is 0.380 e. The van der Waals surface area contributed by atoms with Gasteiger partial charge in [0.1, 0.15) is 11.6 Å². The highest BCUT2D eigenvalue weighted by Gasteiger charge is 2.12. The Balaban J connectivity index is 2.26. The van der Waals surface area contributed by atoms with Crippen molar-refractivity contribution in [3.63, 3.8) is 0 Å². The third kappa shape index (κ3) is 3.33. The van der Waals surface area contributed by atoms with E-state index in [0.29, 0.717) is 5.69 Å². The van der Waals surface area contributed by atoms with Gasteiger partial charge in [0.2, 0.25) is 0 Å². The lowest BCUT2D eigenvalue weighted by atomic mass is 10.2. The highest BCUT2D eigenvalue weighted by atomic mass is 32.2. The molecule has 0 spiro atoms. The molecule has 106 valence electrons. The molecule has 2 aromatic rings. The highest BCUT2D eigenvalue weighted by Crippen LogP contribution is 2.21. The minimum Gasteiger partial charge on any atom is -0.380 e. The zero-order valence-corrected chi connectivity index (χ0v) is 11.5. The summed E-state index contributed by atoms with van der Waals surface area (Å²) in [5.74, 6) is -1.09. The summed E-state index contributed by atoms with van der Waals surface area (Å²) in [5, 5.41) is 2.82. The Morgan fingerprint density at radius 1 is 1.10 bits per heavy atom. The zero-order chi connectivity index (χ0) is 14.8. The fourth-order valence-electron chi connectivity index (χ4n) is 1.81. The first-order valence-corrected chi connectivity index (χ1v) is 7.74. The molecule has 6 heteroatoms. The highest BCUT2D eigenvalue weighted by molar-refractivity contribution is 7.90. The molecular formula is C14H13F2NO2S. The predicted molar refractivity (Wildman–Crippen MR) is 73.2 cm³/mol. The molecule has 0 aromatic heterocycles. The monoisotopic (exact) mass is 297 g/mol. The molecule has 0 fully saturated rings. The van der Waals surface area contributed by atoms with E-state index in [0.717, 1.165) is 24.5 Å². The van der Waals surface area contributed by atoms with E-state index in [9.17, 15) is 17.2 Å². The van der Waals surface area contributed by atoms with Crippen LogP contribution in [0.3, 0.4) is 0 Å². The molecule has 0 aliphatic carbocycles. The smallest absolute Gasteiger partial charge is 0.177 e. The molecule has 0 radical (unpaired) electrons. The van der Waals surface area contributed by atoms with E-state index in [1.54, 1.807) is 18.2 Å². The minimum absolute atomic E-state index is 0.00384. The topological polar surface area (TPSA) is 46.2 Å². The molecule has 1 N–H and O–H groups in total. The second-order valence-electron chi connectivity index (χ2n) is 4.36. The van der Waals surface area contributed by atoms with E-state index < -0.39 is 21.5 Å². The maximum Gasteiger partial charge on any atom is 0.177 e. The Labute approximate surface area is 116 Å². The molecule has 0 heterocycles. The van der Waals surface area contributed by atoms with Gasteiger partial charge in [-0.15, -0.1) is 0 Å². The number of rotatable bonds is 4. The average Bonchev–Trinajstić information content (AvgIpc) is 2.39. The van der Waals surface area contributed by atoms with Crippen LogP contribution in [0.2, 0.25) is 0 Å². The van der Waals surface area contributed by atoms with Gasteiger partial charge < -0.3 is 5.32 Å². The first-order chi connectivity index (χ1) is 9.38. The zero-order valence-electron chi connectivity index (χ0n) is 10.7. The number of para-hydroxylation sites is 1. The lowest BCUT2D eigenvalue weighted by Crippen LogP contribution is -2.07. The summed E-state index contributed by atoms with van der Waals surface area (Å²) in [4.78, 5) is 0.122. The van der Waals surface area contributed by atoms with Gasteiger partial charge in [-0.1, -0.05) is 12.1 Å². The summed E-state index contributed by atoms with van der Waals surface area (Å²) in [5.41, 5.74) is 0.493. The standard InChI is InChI=1S/C14H13F2NO2S/c1-20(18,19)14-5-3-2-4-13(14)17-9-10-8-11(15)6-7-12(10)16/h2-8,17H,9H2,1H3. The van der Waals surface area contributed by atoms with Crippen LogP contribution < -0.4 is 5.32 Å². The van der Waals surface area contributed by atoms with Crippen molar-refractivity contribution < 1.29 is 17.2 Å². The second-order valence-corrected chi connectivity index (χ2v) is 6.34. The number of benzene rings is 2. The van der Waals surface area contributed by atoms with Crippen LogP contribution in [0.25, 0.3) is 0 Å². The van der Waals surface area contributed by atoms with Crippen LogP contribution in [0.5, 0.6) is 0 Å². The van der Waals surface area contributed by atoms with Crippen LogP contribution in [0.15, 0.2) is 47.4 Å². The van der Waals surface area contributed by atoms with Crippen LogP contribution in [0.1, 0.15) is 5.56 Å². The fraction of sp³-hybridized carbons (Fsp3) is 0.143. The first-order valence-electron chi connectivity index (χ1n) is 5.85. The van der Waals surface area contributed by atoms with E-state index in [-0.39, 0.29) is 17.0 Å². The van der Waals surface area contributed by atoms with Crippen molar-refractivity contribution in [2.75, 3.05) is 11.6 Å². The molecule has 20 heavy (non-hydrogen) atoms. The molecule has 0 unspecified atom stereocenters. The molecule has 2 aromatic carbocycles. The van der Waals surface area contributed by atoms with E-state index in [2.05, 4.69) is 5.32 Å². The van der Waals surface area contributed by atoms with Gasteiger partial charge >= 0.3 is 0 Å². The number of nitrogens with one attached hydrogen (secondary N) is 1. The van der Waals surface area contributed by atoms with Crippen molar-refractivity contribution in [3.8, 4) is 0 Å². The molecule has 0 bridgehead atoms. The molecule has 0 aliphatic heterocycles. The van der Waals surface area contributed by atoms with Crippen LogP contribution in [-0.4, -0.2) is 14.7 Å². The van der Waals surface area contributed by atoms with Gasteiger partial charge in [0.15, 0.2) is 9.84 Å². The van der Waals surface area contributed by atoms with Crippen molar-refractivity contribution in [2.45, 2.75) is 11.4 Å². The first kappa shape index (κ1) is 14.5. The van der Waals surface area contributed by atoms with E-state index in [4.69, 9.17) is 0 Å². The van der Waals surface area contributed by atoms with Crippen LogP contribution in [0.4, 0.5) is 14.5 Å². The van der Waals surface area contributed by atoms with Gasteiger partial charge in [-0.05, 0) is 30.3 Å². The van der Waals surface area contributed by atoms with Crippen molar-refractivity contribution in [1.82, 2.24) is 0 Å². The number of hydrogen-bond acceptors (Lipinski definition) is 3. The van der Waals surface area contributed by atoms with Crippen molar-refractivity contribution in [2.24, 2.45) is 0 Å². The Morgan fingerprint density at radius 2 is 1.80 bits per heavy atom. The maximum atomic E-state index is 13.5. The molecule has 3 nitrogen and oxygen atoms in total. The van der Waals surface area contributed by atoms with E-state index >= 15 is 0 Å². The third-order valence-electron chi connectivity index (χ3n) is 2.76. The normalized spacial score (nSPS) is 11.3. The average molecular weight is 297 g/mol. The van der Waals surface area contributed by atoms with Gasteiger partial charge in [0, 0.05) is 18.4 Å². The molecular weight excluding hydrogens is 284 g/mol. The van der Waals surface area contributed by atoms with Gasteiger partial charge in [0.05, 0.1) is 10.6 Å². The molecule has 0 amide bonds. The SMILES string of the molecule is CS(=O)(=O)c1ccccc1NCc1cc(F)ccc1F. The predicted octanol–water partition coefficient (Wildman–Crippen LogP) is 2.98. The van der Waals surface area contributed by atoms with Crippen LogP contribution in [0, 0.1) is 11.6 Å². The maximum absolute atomic E-state index is 13.5. The van der Waals surface area contributed by atoms with Crippen LogP contribution in [-0.2, 0) is 16.4 Å². The third-order valence-corrected chi connectivity index (χ3v) is 3.92. The van der Waals surface area contributed by atoms with Gasteiger partial charge in [0.25, 0.3) is 0 Å². The molecule has 2 rings (SSSR count). The Morgan fingerprint density at radius 3 is 2.50 bits per heavy atom. The quantitative estimate of drug-likeness (QED) is 0.943. The number of anilines is 1. The molecule has 0 saturated heterocycles. The van der Waals surface area contributed by atoms with Gasteiger partial charge in [-0.25, -0.2) is 17.2 Å². The van der Waals surface area contributed by atoms with E-state index in [1.165, 1.54) is 6.07 Å². The van der Waals surface area contributed by atoms with Gasteiger partial charge in [-0.2, -0.15) is 0 Å². The molecule has 0 saturated carbocycles. The minimum atomic E-state index is -3.39. The second kappa shape index (κ2) is 5.58. The Hall–Kier alpha value is -1.95.